The molecule has 5 saturated carbocycles. The minimum Gasteiger partial charge on any atom is -0.462 e. The molecule has 1 aromatic heterocycles. The summed E-state index contributed by atoms with van der Waals surface area (Å²) in [6.45, 7) is 24.2. The van der Waals surface area contributed by atoms with Crippen molar-refractivity contribution in [2.45, 2.75) is 170 Å². The molecule has 9 rings (SSSR count). The zero-order valence-electron chi connectivity index (χ0n) is 42.2. The second-order valence-electron chi connectivity index (χ2n) is 24.2. The van der Waals surface area contributed by atoms with Gasteiger partial charge in [-0.15, -0.1) is 0 Å². The van der Waals surface area contributed by atoms with Crippen molar-refractivity contribution in [3.05, 3.63) is 90.4 Å². The fourth-order valence-corrected chi connectivity index (χ4v) is 15.8. The first kappa shape index (κ1) is 47.8. The molecule has 1 aliphatic heterocycles. The van der Waals surface area contributed by atoms with E-state index in [4.69, 9.17) is 14.5 Å². The zero-order valence-corrected chi connectivity index (χ0v) is 42.2. The molecule has 1 amide bonds. The van der Waals surface area contributed by atoms with Crippen molar-refractivity contribution < 1.29 is 23.9 Å². The van der Waals surface area contributed by atoms with Gasteiger partial charge in [0, 0.05) is 12.0 Å². The first-order chi connectivity index (χ1) is 32.0. The number of nitrogens with zero attached hydrogens (tertiary/aromatic N) is 2. The average Bonchev–Trinajstić information content (AvgIpc) is 4.10. The number of allylic oxidation sites excluding steroid dienone is 1. The number of carbonyl (C=O) groups excluding carboxylic acids is 3. The van der Waals surface area contributed by atoms with Crippen LogP contribution in [0.4, 0.5) is 0 Å². The number of benzene rings is 2. The van der Waals surface area contributed by atoms with Gasteiger partial charge in [0.25, 0.3) is 0 Å². The number of ether oxygens (including phenoxy) is 2. The van der Waals surface area contributed by atoms with E-state index >= 15 is 4.79 Å². The first-order valence-electron chi connectivity index (χ1n) is 26.4. The lowest BCUT2D eigenvalue weighted by molar-refractivity contribution is -0.201. The summed E-state index contributed by atoms with van der Waals surface area (Å²) in [6.07, 6.45) is 17.0. The molecule has 5 aliphatic carbocycles. The molecule has 0 spiro atoms. The van der Waals surface area contributed by atoms with Gasteiger partial charge in [-0.2, -0.15) is 0 Å². The number of hydrogen-bond donors (Lipinski definition) is 1. The maximum atomic E-state index is 15.6. The number of hydrogen-bond acceptors (Lipinski definition) is 6. The molecule has 362 valence electrons. The number of carbonyl (C=O) groups is 3. The van der Waals surface area contributed by atoms with Crippen LogP contribution in [0.2, 0.25) is 0 Å². The lowest BCUT2D eigenvalue weighted by Crippen LogP contribution is -2.63. The predicted molar refractivity (Wildman–Crippen MR) is 265 cm³/mol. The van der Waals surface area contributed by atoms with E-state index in [9.17, 15) is 9.59 Å². The van der Waals surface area contributed by atoms with Crippen molar-refractivity contribution in [1.82, 2.24) is 14.9 Å². The summed E-state index contributed by atoms with van der Waals surface area (Å²) in [5.41, 5.74) is 3.54. The van der Waals surface area contributed by atoms with Crippen LogP contribution in [0.3, 0.4) is 0 Å². The molecular weight excluding hydrogens is 831 g/mol. The molecule has 6 aliphatic rings. The van der Waals surface area contributed by atoms with Crippen LogP contribution in [-0.4, -0.2) is 45.4 Å². The number of amides is 1. The van der Waals surface area contributed by atoms with Crippen molar-refractivity contribution in [2.24, 2.45) is 68.5 Å². The van der Waals surface area contributed by atoms with Crippen LogP contribution in [0.15, 0.2) is 79.0 Å². The lowest BCUT2D eigenvalue weighted by atomic mass is 9.37. The number of imidazole rings is 1. The third kappa shape index (κ3) is 8.14. The molecule has 2 heterocycles. The molecule has 12 atom stereocenters. The molecular formula is C59H81N3O5. The Labute approximate surface area is 402 Å². The van der Waals surface area contributed by atoms with Crippen molar-refractivity contribution >= 4 is 17.8 Å². The standard InChI is InChI=1S/C59H81N3O5/c1-10-11-24-49(67-53(64)46-35-45(56(46,6)7)52(63)66-37-39-19-14-12-15-20-39)55(4,5)41-27-29-57(8)42(34-41)25-26-44-50-43(38(2)3)28-30-59(50,32-31-58(44,57)9)54(65)62-33-18-23-48(62)51-60-36-47(61-51)40-21-16-13-17-22-40/h12-17,19-22,36,41-46,48-50H,2,10-11,18,23-35,37H2,1,3-9H3,(H,60,61)/t41-,42-,43+,44-,45+,46-,48+,49+,50-,57-,58-,59+/m1/s1. The minimum atomic E-state index is -0.530. The van der Waals surface area contributed by atoms with Gasteiger partial charge in [-0.1, -0.05) is 134 Å². The Kier molecular flexibility index (Phi) is 13.1. The van der Waals surface area contributed by atoms with Gasteiger partial charge in [0.1, 0.15) is 18.5 Å². The zero-order chi connectivity index (χ0) is 47.5. The van der Waals surface area contributed by atoms with E-state index in [-0.39, 0.29) is 64.2 Å². The molecule has 67 heavy (non-hydrogen) atoms. The highest BCUT2D eigenvalue weighted by Crippen LogP contribution is 2.74. The number of H-pyrrole nitrogens is 1. The van der Waals surface area contributed by atoms with E-state index in [1.165, 1.54) is 12.0 Å². The third-order valence-corrected chi connectivity index (χ3v) is 20.5. The Bertz CT molecular complexity index is 2280. The van der Waals surface area contributed by atoms with Gasteiger partial charge in [0.2, 0.25) is 5.91 Å². The summed E-state index contributed by atoms with van der Waals surface area (Å²) in [5, 5.41) is 0. The molecule has 0 bridgehead atoms. The van der Waals surface area contributed by atoms with E-state index in [1.54, 1.807) is 0 Å². The van der Waals surface area contributed by atoms with Gasteiger partial charge in [-0.3, -0.25) is 14.4 Å². The second-order valence-corrected chi connectivity index (χ2v) is 24.2. The van der Waals surface area contributed by atoms with Gasteiger partial charge in [0.15, 0.2) is 0 Å². The highest BCUT2D eigenvalue weighted by Gasteiger charge is 2.69. The molecule has 1 saturated heterocycles. The number of nitrogens with one attached hydrogen (secondary N) is 1. The maximum absolute atomic E-state index is 15.6. The van der Waals surface area contributed by atoms with Gasteiger partial charge >= 0.3 is 11.9 Å². The molecule has 0 unspecified atom stereocenters. The van der Waals surface area contributed by atoms with Gasteiger partial charge in [0.05, 0.1) is 35.2 Å². The smallest absolute Gasteiger partial charge is 0.309 e. The van der Waals surface area contributed by atoms with E-state index in [2.05, 4.69) is 82.3 Å². The lowest BCUT2D eigenvalue weighted by Gasteiger charge is -2.68. The minimum absolute atomic E-state index is 0.0180. The predicted octanol–water partition coefficient (Wildman–Crippen LogP) is 13.5. The average molecular weight is 912 g/mol. The number of fused-ring (bicyclic) bond motifs is 5. The van der Waals surface area contributed by atoms with E-state index in [1.807, 2.05) is 56.4 Å². The van der Waals surface area contributed by atoms with Crippen LogP contribution in [0.25, 0.3) is 11.3 Å². The van der Waals surface area contributed by atoms with Crippen molar-refractivity contribution in [2.75, 3.05) is 6.54 Å². The number of aromatic nitrogens is 2. The Balaban J connectivity index is 0.894. The van der Waals surface area contributed by atoms with E-state index in [0.29, 0.717) is 41.9 Å². The van der Waals surface area contributed by atoms with Crippen LogP contribution in [0.1, 0.15) is 169 Å². The van der Waals surface area contributed by atoms with E-state index in [0.717, 1.165) is 113 Å². The first-order valence-corrected chi connectivity index (χ1v) is 26.4. The fourth-order valence-electron chi connectivity index (χ4n) is 15.8. The SMILES string of the molecule is C=C(C)[C@@H]1CC[C@]2(C(=O)N3CCC[C@H]3c3ncc(-c4ccccc4)[nH]3)CC[C@]3(C)[C@H](CC[C@@H]4C[C@H](C(C)(C)[C@H](CCCC)OC(=O)[C@H]5C[C@@H](C(=O)OCc6ccccc6)C5(C)C)CC[C@]43C)[C@@H]12. The number of aromatic amines is 1. The summed E-state index contributed by atoms with van der Waals surface area (Å²) in [5.74, 6) is 2.43. The Morgan fingerprint density at radius 3 is 2.28 bits per heavy atom. The molecule has 0 radical (unpaired) electrons. The topological polar surface area (TPSA) is 102 Å². The van der Waals surface area contributed by atoms with Gasteiger partial charge < -0.3 is 19.4 Å². The van der Waals surface area contributed by atoms with Crippen LogP contribution in [-0.2, 0) is 30.5 Å². The van der Waals surface area contributed by atoms with Crippen molar-refractivity contribution in [1.29, 1.82) is 0 Å². The molecule has 2 aromatic carbocycles. The second kappa shape index (κ2) is 18.3. The number of likely N-dealkylation sites (tertiary alicyclic amines) is 1. The van der Waals surface area contributed by atoms with Crippen LogP contribution in [0.5, 0.6) is 0 Å². The fraction of sp³-hybridized carbons (Fsp3) is 0.661. The van der Waals surface area contributed by atoms with Crippen LogP contribution < -0.4 is 0 Å². The van der Waals surface area contributed by atoms with Gasteiger partial charge in [-0.25, -0.2) is 4.98 Å². The highest BCUT2D eigenvalue weighted by molar-refractivity contribution is 5.85. The third-order valence-electron chi connectivity index (χ3n) is 20.5. The van der Waals surface area contributed by atoms with Crippen LogP contribution >= 0.6 is 0 Å². The van der Waals surface area contributed by atoms with Gasteiger partial charge in [-0.05, 0) is 147 Å². The summed E-state index contributed by atoms with van der Waals surface area (Å²) in [7, 11) is 0. The van der Waals surface area contributed by atoms with E-state index < -0.39 is 5.41 Å². The highest BCUT2D eigenvalue weighted by atomic mass is 16.5. The molecule has 6 fully saturated rings. The number of unbranched alkanes of at least 4 members (excludes halogenated alkanes) is 1. The van der Waals surface area contributed by atoms with Crippen molar-refractivity contribution in [3.63, 3.8) is 0 Å². The molecule has 8 nitrogen and oxygen atoms in total. The quantitative estimate of drug-likeness (QED) is 0.128. The molecule has 8 heteroatoms. The molecule has 1 N–H and O–H groups in total. The number of rotatable bonds is 14. The maximum Gasteiger partial charge on any atom is 0.309 e. The molecule has 3 aromatic rings. The summed E-state index contributed by atoms with van der Waals surface area (Å²) in [4.78, 5) is 53.9. The van der Waals surface area contributed by atoms with Crippen molar-refractivity contribution in [3.8, 4) is 11.3 Å². The summed E-state index contributed by atoms with van der Waals surface area (Å²) >= 11 is 0. The summed E-state index contributed by atoms with van der Waals surface area (Å²) in [6, 6.07) is 20.1. The Morgan fingerprint density at radius 1 is 0.866 bits per heavy atom. The van der Waals surface area contributed by atoms with Crippen LogP contribution in [0, 0.1) is 68.5 Å². The number of esters is 2. The monoisotopic (exact) mass is 912 g/mol. The Hall–Kier alpha value is -4.20. The summed E-state index contributed by atoms with van der Waals surface area (Å²) < 4.78 is 12.5. The Morgan fingerprint density at radius 2 is 1.58 bits per heavy atom. The largest absolute Gasteiger partial charge is 0.462 e. The normalized spacial score (nSPS) is 34.8.